The second-order valence-electron chi connectivity index (χ2n) is 12.1. The minimum absolute atomic E-state index is 0.0142. The van der Waals surface area contributed by atoms with E-state index in [0.29, 0.717) is 37.5 Å². The van der Waals surface area contributed by atoms with E-state index in [1.54, 1.807) is 30.7 Å². The number of thioether (sulfide) groups is 1. The van der Waals surface area contributed by atoms with E-state index >= 15 is 0 Å². The van der Waals surface area contributed by atoms with Gasteiger partial charge in [0, 0.05) is 87.8 Å². The predicted molar refractivity (Wildman–Crippen MR) is 172 cm³/mol. The van der Waals surface area contributed by atoms with Crippen LogP contribution in [-0.2, 0) is 16.0 Å². The fraction of sp³-hybridized carbons (Fsp3) is 0.455. The van der Waals surface area contributed by atoms with Gasteiger partial charge in [0.2, 0.25) is 5.91 Å². The number of rotatable bonds is 7. The van der Waals surface area contributed by atoms with Crippen molar-refractivity contribution >= 4 is 35.1 Å². The molecule has 2 aliphatic rings. The Hall–Kier alpha value is -3.79. The van der Waals surface area contributed by atoms with Crippen molar-refractivity contribution in [2.45, 2.75) is 44.0 Å². The van der Waals surface area contributed by atoms with Crippen molar-refractivity contribution in [3.8, 4) is 5.75 Å². The third-order valence-electron chi connectivity index (χ3n) is 8.08. The zero-order valence-corrected chi connectivity index (χ0v) is 26.7. The number of carbonyl (C=O) groups excluding carboxylic acids is 2. The summed E-state index contributed by atoms with van der Waals surface area (Å²) in [7, 11) is 1.69. The van der Waals surface area contributed by atoms with E-state index in [1.165, 1.54) is 5.69 Å². The SMILES string of the molecule is COc1ccc(N2CCN(c3cc(C(C)(C)C)nc(SCc4ccc(C(=O)N5CCN(C(C)=O)CC5)cc4)n3)CC2)cc1. The highest BCUT2D eigenvalue weighted by molar-refractivity contribution is 7.98. The van der Waals surface area contributed by atoms with E-state index in [0.717, 1.165) is 54.2 Å². The number of methoxy groups -OCH3 is 1. The topological polar surface area (TPSA) is 82.1 Å². The molecule has 10 heteroatoms. The molecule has 0 bridgehead atoms. The highest BCUT2D eigenvalue weighted by Crippen LogP contribution is 2.30. The van der Waals surface area contributed by atoms with E-state index < -0.39 is 0 Å². The number of anilines is 2. The predicted octanol–water partition coefficient (Wildman–Crippen LogP) is 4.71. The molecule has 2 aromatic carbocycles. The van der Waals surface area contributed by atoms with Gasteiger partial charge in [-0.1, -0.05) is 44.7 Å². The van der Waals surface area contributed by atoms with Gasteiger partial charge in [0.05, 0.1) is 12.8 Å². The van der Waals surface area contributed by atoms with E-state index in [1.807, 2.05) is 41.3 Å². The number of hydrogen-bond donors (Lipinski definition) is 0. The zero-order chi connectivity index (χ0) is 30.6. The summed E-state index contributed by atoms with van der Waals surface area (Å²) < 4.78 is 5.31. The van der Waals surface area contributed by atoms with Gasteiger partial charge >= 0.3 is 0 Å². The summed E-state index contributed by atoms with van der Waals surface area (Å²) in [4.78, 5) is 42.9. The number of nitrogens with zero attached hydrogens (tertiary/aromatic N) is 6. The Morgan fingerprint density at radius 3 is 2.00 bits per heavy atom. The summed E-state index contributed by atoms with van der Waals surface area (Å²) in [5, 5.41) is 0.767. The largest absolute Gasteiger partial charge is 0.497 e. The normalized spacial score (nSPS) is 15.9. The molecule has 43 heavy (non-hydrogen) atoms. The van der Waals surface area contributed by atoms with Crippen molar-refractivity contribution in [3.63, 3.8) is 0 Å². The van der Waals surface area contributed by atoms with Crippen LogP contribution in [0.15, 0.2) is 59.8 Å². The number of aromatic nitrogens is 2. The van der Waals surface area contributed by atoms with Crippen LogP contribution >= 0.6 is 11.8 Å². The summed E-state index contributed by atoms with van der Waals surface area (Å²) >= 11 is 1.62. The van der Waals surface area contributed by atoms with Crippen LogP contribution in [0.2, 0.25) is 0 Å². The number of carbonyl (C=O) groups is 2. The Labute approximate surface area is 259 Å². The lowest BCUT2D eigenvalue weighted by Crippen LogP contribution is -2.50. The zero-order valence-electron chi connectivity index (χ0n) is 25.9. The first-order chi connectivity index (χ1) is 20.6. The number of piperazine rings is 2. The summed E-state index contributed by atoms with van der Waals surface area (Å²) in [5.41, 5.74) is 3.92. The molecule has 2 aliphatic heterocycles. The number of amides is 2. The van der Waals surface area contributed by atoms with Crippen molar-refractivity contribution in [2.75, 3.05) is 69.3 Å². The number of benzene rings is 2. The van der Waals surface area contributed by atoms with Gasteiger partial charge in [-0.15, -0.1) is 0 Å². The van der Waals surface area contributed by atoms with Crippen LogP contribution in [0.3, 0.4) is 0 Å². The molecule has 9 nitrogen and oxygen atoms in total. The van der Waals surface area contributed by atoms with Gasteiger partial charge in [-0.3, -0.25) is 9.59 Å². The Kier molecular flexibility index (Phi) is 9.44. The van der Waals surface area contributed by atoms with Gasteiger partial charge in [0.15, 0.2) is 5.16 Å². The van der Waals surface area contributed by atoms with E-state index in [2.05, 4.69) is 48.8 Å². The lowest BCUT2D eigenvalue weighted by Gasteiger charge is -2.37. The molecular formula is C33H42N6O3S. The number of ether oxygens (including phenoxy) is 1. The number of hydrogen-bond acceptors (Lipinski definition) is 8. The van der Waals surface area contributed by atoms with E-state index in [4.69, 9.17) is 14.7 Å². The quantitative estimate of drug-likeness (QED) is 0.284. The summed E-state index contributed by atoms with van der Waals surface area (Å²) in [5.74, 6) is 2.63. The average Bonchev–Trinajstić information content (AvgIpc) is 3.03. The van der Waals surface area contributed by atoms with Crippen LogP contribution in [0, 0.1) is 0 Å². The molecule has 3 aromatic rings. The molecule has 0 N–H and O–H groups in total. The van der Waals surface area contributed by atoms with Gasteiger partial charge in [0.1, 0.15) is 11.6 Å². The first-order valence-corrected chi connectivity index (χ1v) is 15.9. The van der Waals surface area contributed by atoms with Crippen molar-refractivity contribution in [3.05, 3.63) is 71.4 Å². The van der Waals surface area contributed by atoms with Crippen molar-refractivity contribution in [2.24, 2.45) is 0 Å². The molecule has 2 saturated heterocycles. The molecule has 0 atom stereocenters. The first-order valence-electron chi connectivity index (χ1n) is 14.9. The molecule has 0 unspecified atom stereocenters. The lowest BCUT2D eigenvalue weighted by molar-refractivity contribution is -0.130. The molecule has 0 radical (unpaired) electrons. The van der Waals surface area contributed by atoms with Crippen molar-refractivity contribution in [1.82, 2.24) is 19.8 Å². The molecule has 0 aliphatic carbocycles. The third-order valence-corrected chi connectivity index (χ3v) is 9.00. The summed E-state index contributed by atoms with van der Waals surface area (Å²) in [6.07, 6.45) is 0. The summed E-state index contributed by atoms with van der Waals surface area (Å²) in [6, 6.07) is 18.2. The standard InChI is InChI=1S/C33H42N6O3S/c1-24(40)36-14-20-39(21-15-36)31(41)26-8-6-25(7-9-26)23-43-32-34-29(33(2,3)4)22-30(35-32)38-18-16-37(17-19-38)27-10-12-28(42-5)13-11-27/h6-13,22H,14-21,23H2,1-5H3. The Morgan fingerprint density at radius 2 is 1.42 bits per heavy atom. The van der Waals surface area contributed by atoms with Crippen LogP contribution in [0.1, 0.15) is 49.3 Å². The average molecular weight is 603 g/mol. The maximum absolute atomic E-state index is 13.0. The van der Waals surface area contributed by atoms with Crippen LogP contribution < -0.4 is 14.5 Å². The Morgan fingerprint density at radius 1 is 0.814 bits per heavy atom. The lowest BCUT2D eigenvalue weighted by atomic mass is 9.92. The first kappa shape index (κ1) is 30.7. The van der Waals surface area contributed by atoms with Crippen LogP contribution in [0.25, 0.3) is 0 Å². The van der Waals surface area contributed by atoms with Crippen molar-refractivity contribution in [1.29, 1.82) is 0 Å². The molecule has 5 rings (SSSR count). The minimum Gasteiger partial charge on any atom is -0.497 e. The maximum atomic E-state index is 13.0. The smallest absolute Gasteiger partial charge is 0.253 e. The molecule has 2 fully saturated rings. The minimum atomic E-state index is -0.101. The highest BCUT2D eigenvalue weighted by atomic mass is 32.2. The van der Waals surface area contributed by atoms with Gasteiger partial charge in [0.25, 0.3) is 5.91 Å². The Balaban J connectivity index is 1.21. The molecule has 2 amide bonds. The molecule has 0 saturated carbocycles. The van der Waals surface area contributed by atoms with Gasteiger partial charge in [-0.25, -0.2) is 9.97 Å². The molecule has 1 aromatic heterocycles. The van der Waals surface area contributed by atoms with Gasteiger partial charge in [-0.05, 0) is 42.0 Å². The van der Waals surface area contributed by atoms with Crippen LogP contribution in [-0.4, -0.2) is 91.0 Å². The molecule has 228 valence electrons. The summed E-state index contributed by atoms with van der Waals surface area (Å²) in [6.45, 7) is 14.0. The fourth-order valence-electron chi connectivity index (χ4n) is 5.31. The van der Waals surface area contributed by atoms with Crippen LogP contribution in [0.5, 0.6) is 5.75 Å². The Bertz CT molecular complexity index is 1410. The van der Waals surface area contributed by atoms with Gasteiger partial charge < -0.3 is 24.3 Å². The second kappa shape index (κ2) is 13.2. The van der Waals surface area contributed by atoms with Crippen molar-refractivity contribution < 1.29 is 14.3 Å². The van der Waals surface area contributed by atoms with Crippen LogP contribution in [0.4, 0.5) is 11.5 Å². The molecule has 3 heterocycles. The van der Waals surface area contributed by atoms with E-state index in [-0.39, 0.29) is 17.2 Å². The van der Waals surface area contributed by atoms with Gasteiger partial charge in [-0.2, -0.15) is 0 Å². The maximum Gasteiger partial charge on any atom is 0.253 e. The fourth-order valence-corrected chi connectivity index (χ4v) is 6.12. The molecular weight excluding hydrogens is 560 g/mol. The molecule has 0 spiro atoms. The second-order valence-corrected chi connectivity index (χ2v) is 13.0. The monoisotopic (exact) mass is 602 g/mol. The highest BCUT2D eigenvalue weighted by Gasteiger charge is 2.25. The van der Waals surface area contributed by atoms with E-state index in [9.17, 15) is 9.59 Å². The third kappa shape index (κ3) is 7.60.